The zero-order valence-electron chi connectivity index (χ0n) is 11.2. The number of amides is 1. The molecule has 0 fully saturated rings. The molecule has 1 heterocycles. The van der Waals surface area contributed by atoms with E-state index in [9.17, 15) is 9.59 Å². The van der Waals surface area contributed by atoms with Gasteiger partial charge in [0.15, 0.2) is 11.5 Å². The monoisotopic (exact) mass is 276 g/mol. The highest BCUT2D eigenvalue weighted by molar-refractivity contribution is 5.81. The summed E-state index contributed by atoms with van der Waals surface area (Å²) in [6.45, 7) is 0.423. The normalized spacial score (nSPS) is 10.4. The number of para-hydroxylation sites is 2. The van der Waals surface area contributed by atoms with Gasteiger partial charge in [0, 0.05) is 19.4 Å². The summed E-state index contributed by atoms with van der Waals surface area (Å²) in [5.41, 5.74) is 1.54. The lowest BCUT2D eigenvalue weighted by Crippen LogP contribution is -2.26. The lowest BCUT2D eigenvalue weighted by Gasteiger charge is -2.02. The van der Waals surface area contributed by atoms with E-state index in [2.05, 4.69) is 15.0 Å². The summed E-state index contributed by atoms with van der Waals surface area (Å²) in [4.78, 5) is 26.6. The van der Waals surface area contributed by atoms with Crippen molar-refractivity contribution in [3.63, 3.8) is 0 Å². The average molecular weight is 276 g/mol. The number of aromatic nitrogens is 1. The third-order valence-corrected chi connectivity index (χ3v) is 2.78. The molecule has 2 rings (SSSR count). The number of nitrogens with one attached hydrogen (secondary N) is 1. The molecule has 0 aliphatic heterocycles. The first-order valence-electron chi connectivity index (χ1n) is 6.37. The van der Waals surface area contributed by atoms with Gasteiger partial charge in [-0.05, 0) is 12.1 Å². The Bertz CT molecular complexity index is 573. The standard InChI is InChI=1S/C14H16N2O4/c1-19-14(18)7-6-12(17)15-9-8-13-16-10-4-2-3-5-11(10)20-13/h2-5H,6-9H2,1H3,(H,15,17). The van der Waals surface area contributed by atoms with Crippen LogP contribution in [0.25, 0.3) is 11.1 Å². The van der Waals surface area contributed by atoms with E-state index in [-0.39, 0.29) is 24.7 Å². The second-order valence-electron chi connectivity index (χ2n) is 4.25. The fourth-order valence-electron chi connectivity index (χ4n) is 1.74. The number of nitrogens with zero attached hydrogens (tertiary/aromatic N) is 1. The first-order valence-corrected chi connectivity index (χ1v) is 6.37. The third kappa shape index (κ3) is 3.81. The maximum absolute atomic E-state index is 11.5. The van der Waals surface area contributed by atoms with Gasteiger partial charge in [-0.1, -0.05) is 12.1 Å². The number of oxazole rings is 1. The number of esters is 1. The molecule has 0 spiro atoms. The molecule has 6 heteroatoms. The summed E-state index contributed by atoms with van der Waals surface area (Å²) in [5, 5.41) is 2.71. The van der Waals surface area contributed by atoms with E-state index in [1.54, 1.807) is 0 Å². The molecule has 0 saturated carbocycles. The SMILES string of the molecule is COC(=O)CCC(=O)NCCc1nc2ccccc2o1. The summed E-state index contributed by atoms with van der Waals surface area (Å²) in [6.07, 6.45) is 0.726. The van der Waals surface area contributed by atoms with Crippen molar-refractivity contribution in [2.75, 3.05) is 13.7 Å². The van der Waals surface area contributed by atoms with Gasteiger partial charge < -0.3 is 14.5 Å². The molecule has 106 valence electrons. The topological polar surface area (TPSA) is 81.4 Å². The first kappa shape index (κ1) is 14.0. The fraction of sp³-hybridized carbons (Fsp3) is 0.357. The minimum atomic E-state index is -0.390. The van der Waals surface area contributed by atoms with Gasteiger partial charge in [0.05, 0.1) is 13.5 Å². The summed E-state index contributed by atoms with van der Waals surface area (Å²) in [6, 6.07) is 7.49. The number of fused-ring (bicyclic) bond motifs is 1. The Labute approximate surface area is 116 Å². The zero-order valence-corrected chi connectivity index (χ0v) is 11.2. The number of carbonyl (C=O) groups excluding carboxylic acids is 2. The van der Waals surface area contributed by atoms with Gasteiger partial charge in [0.2, 0.25) is 5.91 Å². The molecular formula is C14H16N2O4. The van der Waals surface area contributed by atoms with Crippen LogP contribution >= 0.6 is 0 Å². The first-order chi connectivity index (χ1) is 9.69. The van der Waals surface area contributed by atoms with Crippen LogP contribution in [0.4, 0.5) is 0 Å². The highest BCUT2D eigenvalue weighted by Gasteiger charge is 2.08. The summed E-state index contributed by atoms with van der Waals surface area (Å²) < 4.78 is 9.99. The molecule has 0 radical (unpaired) electrons. The van der Waals surface area contributed by atoms with Gasteiger partial charge in [0.25, 0.3) is 0 Å². The number of rotatable bonds is 6. The summed E-state index contributed by atoms with van der Waals surface area (Å²) in [5.74, 6) is 0.00470. The molecule has 0 saturated heterocycles. The predicted octanol–water partition coefficient (Wildman–Crippen LogP) is 1.44. The van der Waals surface area contributed by atoms with Crippen molar-refractivity contribution in [2.45, 2.75) is 19.3 Å². The zero-order chi connectivity index (χ0) is 14.4. The molecule has 1 N–H and O–H groups in total. The smallest absolute Gasteiger partial charge is 0.306 e. The maximum atomic E-state index is 11.5. The van der Waals surface area contributed by atoms with Crippen LogP contribution in [0.5, 0.6) is 0 Å². The van der Waals surface area contributed by atoms with Gasteiger partial charge in [0.1, 0.15) is 5.52 Å². The van der Waals surface area contributed by atoms with E-state index in [4.69, 9.17) is 4.42 Å². The Balaban J connectivity index is 1.75. The van der Waals surface area contributed by atoms with E-state index < -0.39 is 0 Å². The Kier molecular flexibility index (Phi) is 4.70. The minimum absolute atomic E-state index is 0.0885. The van der Waals surface area contributed by atoms with Gasteiger partial charge in [-0.2, -0.15) is 0 Å². The van der Waals surface area contributed by atoms with Crippen molar-refractivity contribution in [3.8, 4) is 0 Å². The van der Waals surface area contributed by atoms with Crippen LogP contribution in [0.2, 0.25) is 0 Å². The van der Waals surface area contributed by atoms with Crippen LogP contribution in [-0.4, -0.2) is 30.5 Å². The Morgan fingerprint density at radius 2 is 2.10 bits per heavy atom. The number of hydrogen-bond donors (Lipinski definition) is 1. The molecule has 6 nitrogen and oxygen atoms in total. The molecule has 0 bridgehead atoms. The van der Waals surface area contributed by atoms with Crippen molar-refractivity contribution >= 4 is 23.0 Å². The number of benzene rings is 1. The Morgan fingerprint density at radius 3 is 2.85 bits per heavy atom. The van der Waals surface area contributed by atoms with Crippen LogP contribution in [0, 0.1) is 0 Å². The van der Waals surface area contributed by atoms with Crippen LogP contribution in [0.15, 0.2) is 28.7 Å². The van der Waals surface area contributed by atoms with E-state index in [1.807, 2.05) is 24.3 Å². The van der Waals surface area contributed by atoms with Gasteiger partial charge in [-0.3, -0.25) is 9.59 Å². The molecule has 0 unspecified atom stereocenters. The van der Waals surface area contributed by atoms with Crippen LogP contribution in [0.3, 0.4) is 0 Å². The molecule has 0 aliphatic carbocycles. The van der Waals surface area contributed by atoms with Crippen molar-refractivity contribution < 1.29 is 18.7 Å². The third-order valence-electron chi connectivity index (χ3n) is 2.78. The van der Waals surface area contributed by atoms with Gasteiger partial charge in [-0.15, -0.1) is 0 Å². The molecule has 0 atom stereocenters. The van der Waals surface area contributed by atoms with Gasteiger partial charge >= 0.3 is 5.97 Å². The molecule has 0 aliphatic rings. The van der Waals surface area contributed by atoms with Crippen molar-refractivity contribution in [1.29, 1.82) is 0 Å². The Morgan fingerprint density at radius 1 is 1.30 bits per heavy atom. The predicted molar refractivity (Wildman–Crippen MR) is 72.0 cm³/mol. The molecule has 2 aromatic rings. The van der Waals surface area contributed by atoms with Crippen LogP contribution in [0.1, 0.15) is 18.7 Å². The summed E-state index contributed by atoms with van der Waals surface area (Å²) in [7, 11) is 1.30. The number of methoxy groups -OCH3 is 1. The Hall–Kier alpha value is -2.37. The molecule has 1 amide bonds. The van der Waals surface area contributed by atoms with Crippen LogP contribution in [-0.2, 0) is 20.7 Å². The summed E-state index contributed by atoms with van der Waals surface area (Å²) >= 11 is 0. The number of hydrogen-bond acceptors (Lipinski definition) is 5. The second-order valence-corrected chi connectivity index (χ2v) is 4.25. The van der Waals surface area contributed by atoms with Gasteiger partial charge in [-0.25, -0.2) is 4.98 Å². The quantitative estimate of drug-likeness (QED) is 0.807. The van der Waals surface area contributed by atoms with Crippen molar-refractivity contribution in [1.82, 2.24) is 10.3 Å². The van der Waals surface area contributed by atoms with E-state index in [1.165, 1.54) is 7.11 Å². The minimum Gasteiger partial charge on any atom is -0.469 e. The lowest BCUT2D eigenvalue weighted by molar-refractivity contribution is -0.142. The molecule has 1 aromatic carbocycles. The maximum Gasteiger partial charge on any atom is 0.306 e. The van der Waals surface area contributed by atoms with E-state index in [0.717, 1.165) is 11.1 Å². The molecule has 1 aromatic heterocycles. The van der Waals surface area contributed by atoms with Crippen molar-refractivity contribution in [3.05, 3.63) is 30.2 Å². The number of ether oxygens (including phenoxy) is 1. The van der Waals surface area contributed by atoms with Crippen LogP contribution < -0.4 is 5.32 Å². The molecular weight excluding hydrogens is 260 g/mol. The number of carbonyl (C=O) groups is 2. The largest absolute Gasteiger partial charge is 0.469 e. The molecule has 20 heavy (non-hydrogen) atoms. The second kappa shape index (κ2) is 6.70. The lowest BCUT2D eigenvalue weighted by atomic mass is 10.3. The van der Waals surface area contributed by atoms with Crippen molar-refractivity contribution in [2.24, 2.45) is 0 Å². The fourth-order valence-corrected chi connectivity index (χ4v) is 1.74. The van der Waals surface area contributed by atoms with E-state index in [0.29, 0.717) is 18.9 Å². The highest BCUT2D eigenvalue weighted by Crippen LogP contribution is 2.14. The highest BCUT2D eigenvalue weighted by atomic mass is 16.5. The average Bonchev–Trinajstić information content (AvgIpc) is 2.87. The van der Waals surface area contributed by atoms with E-state index >= 15 is 0 Å².